The second-order valence-corrected chi connectivity index (χ2v) is 8.05. The Morgan fingerprint density at radius 2 is 1.66 bits per heavy atom. The van der Waals surface area contributed by atoms with Gasteiger partial charge in [-0.25, -0.2) is 9.97 Å². The van der Waals surface area contributed by atoms with E-state index in [1.807, 2.05) is 42.6 Å². The van der Waals surface area contributed by atoms with Crippen molar-refractivity contribution in [3.63, 3.8) is 0 Å². The van der Waals surface area contributed by atoms with Gasteiger partial charge >= 0.3 is 0 Å². The number of benzene rings is 3. The topological polar surface area (TPSA) is 29.0 Å². The van der Waals surface area contributed by atoms with Crippen molar-refractivity contribution < 1.29 is 0 Å². The first-order chi connectivity index (χ1) is 14.3. The maximum atomic E-state index is 6.03. The number of hydrogen-bond acceptors (Lipinski definition) is 3. The fourth-order valence-electron chi connectivity index (χ4n) is 4.16. The summed E-state index contributed by atoms with van der Waals surface area (Å²) in [6.45, 7) is 2.10. The van der Waals surface area contributed by atoms with E-state index in [9.17, 15) is 0 Å². The fourth-order valence-corrected chi connectivity index (χ4v) is 4.28. The third kappa shape index (κ3) is 3.83. The van der Waals surface area contributed by atoms with Gasteiger partial charge in [0.05, 0.1) is 5.52 Å². The van der Waals surface area contributed by atoms with Gasteiger partial charge in [0.2, 0.25) is 0 Å². The molecular formula is C25H22ClN3. The summed E-state index contributed by atoms with van der Waals surface area (Å²) in [6, 6.07) is 25.0. The number of halogens is 1. The van der Waals surface area contributed by atoms with E-state index in [0.29, 0.717) is 5.92 Å². The van der Waals surface area contributed by atoms with E-state index in [0.717, 1.165) is 53.2 Å². The van der Waals surface area contributed by atoms with Gasteiger partial charge in [-0.1, -0.05) is 54.1 Å². The highest BCUT2D eigenvalue weighted by molar-refractivity contribution is 6.30. The standard InChI is InChI=1S/C25H22ClN3/c26-22-10-8-18(9-11-22)19-12-14-29(15-13-19)23-6-3-5-20(16-23)25-27-17-21-4-1-2-7-24(21)28-25/h1-11,16-17,19H,12-15H2. The molecule has 0 saturated carbocycles. The molecule has 0 radical (unpaired) electrons. The molecular weight excluding hydrogens is 378 g/mol. The Morgan fingerprint density at radius 1 is 0.862 bits per heavy atom. The molecule has 1 fully saturated rings. The lowest BCUT2D eigenvalue weighted by molar-refractivity contribution is 0.505. The first-order valence-electron chi connectivity index (χ1n) is 10.1. The van der Waals surface area contributed by atoms with Gasteiger partial charge in [0.25, 0.3) is 0 Å². The van der Waals surface area contributed by atoms with E-state index < -0.39 is 0 Å². The van der Waals surface area contributed by atoms with Gasteiger partial charge in [-0.05, 0) is 54.7 Å². The molecule has 144 valence electrons. The molecule has 1 aliphatic rings. The zero-order chi connectivity index (χ0) is 19.6. The number of hydrogen-bond donors (Lipinski definition) is 0. The van der Waals surface area contributed by atoms with Crippen molar-refractivity contribution in [1.29, 1.82) is 0 Å². The molecule has 0 bridgehead atoms. The van der Waals surface area contributed by atoms with Crippen LogP contribution in [-0.4, -0.2) is 23.1 Å². The van der Waals surface area contributed by atoms with Crippen LogP contribution in [0.1, 0.15) is 24.3 Å². The summed E-state index contributed by atoms with van der Waals surface area (Å²) in [5, 5.41) is 1.87. The quantitative estimate of drug-likeness (QED) is 0.402. The predicted molar refractivity (Wildman–Crippen MR) is 121 cm³/mol. The molecule has 0 aliphatic carbocycles. The lowest BCUT2D eigenvalue weighted by Gasteiger charge is -2.34. The third-order valence-electron chi connectivity index (χ3n) is 5.79. The Hall–Kier alpha value is -2.91. The molecule has 3 nitrogen and oxygen atoms in total. The first-order valence-corrected chi connectivity index (χ1v) is 10.5. The Kier molecular flexibility index (Phi) is 4.91. The second kappa shape index (κ2) is 7.84. The Bertz CT molecular complexity index is 1130. The van der Waals surface area contributed by atoms with Crippen molar-refractivity contribution in [2.24, 2.45) is 0 Å². The van der Waals surface area contributed by atoms with Crippen LogP contribution in [0.3, 0.4) is 0 Å². The molecule has 0 amide bonds. The van der Waals surface area contributed by atoms with E-state index >= 15 is 0 Å². The summed E-state index contributed by atoms with van der Waals surface area (Å²) in [5.74, 6) is 1.39. The number of fused-ring (bicyclic) bond motifs is 1. The summed E-state index contributed by atoms with van der Waals surface area (Å²) in [7, 11) is 0. The smallest absolute Gasteiger partial charge is 0.159 e. The van der Waals surface area contributed by atoms with Crippen LogP contribution >= 0.6 is 11.6 Å². The van der Waals surface area contributed by atoms with Gasteiger partial charge in [0, 0.05) is 40.9 Å². The van der Waals surface area contributed by atoms with E-state index in [-0.39, 0.29) is 0 Å². The second-order valence-electron chi connectivity index (χ2n) is 7.62. The predicted octanol–water partition coefficient (Wildman–Crippen LogP) is 6.33. The van der Waals surface area contributed by atoms with Gasteiger partial charge < -0.3 is 4.90 Å². The fraction of sp³-hybridized carbons (Fsp3) is 0.200. The zero-order valence-electron chi connectivity index (χ0n) is 16.1. The lowest BCUT2D eigenvalue weighted by atomic mass is 9.89. The maximum Gasteiger partial charge on any atom is 0.159 e. The van der Waals surface area contributed by atoms with Crippen molar-refractivity contribution in [3.8, 4) is 11.4 Å². The normalized spacial score (nSPS) is 15.0. The number of para-hydroxylation sites is 1. The number of piperidine rings is 1. The summed E-state index contributed by atoms with van der Waals surface area (Å²) in [5.41, 5.74) is 4.68. The van der Waals surface area contributed by atoms with Crippen molar-refractivity contribution >= 4 is 28.2 Å². The molecule has 2 heterocycles. The number of aromatic nitrogens is 2. The minimum absolute atomic E-state index is 0.607. The van der Waals surface area contributed by atoms with E-state index in [1.54, 1.807) is 0 Å². The van der Waals surface area contributed by atoms with Gasteiger partial charge in [-0.15, -0.1) is 0 Å². The van der Waals surface area contributed by atoms with E-state index in [1.165, 1.54) is 11.3 Å². The summed E-state index contributed by atoms with van der Waals surface area (Å²) in [4.78, 5) is 11.8. The highest BCUT2D eigenvalue weighted by Crippen LogP contribution is 2.32. The van der Waals surface area contributed by atoms with Gasteiger partial charge in [-0.2, -0.15) is 0 Å². The Labute approximate surface area is 176 Å². The molecule has 29 heavy (non-hydrogen) atoms. The van der Waals surface area contributed by atoms with Crippen molar-refractivity contribution in [2.75, 3.05) is 18.0 Å². The van der Waals surface area contributed by atoms with E-state index in [4.69, 9.17) is 16.6 Å². The first kappa shape index (κ1) is 18.1. The zero-order valence-corrected chi connectivity index (χ0v) is 16.9. The molecule has 4 heteroatoms. The molecule has 0 atom stereocenters. The molecule has 1 aromatic heterocycles. The largest absolute Gasteiger partial charge is 0.371 e. The Morgan fingerprint density at radius 3 is 2.48 bits per heavy atom. The van der Waals surface area contributed by atoms with Crippen molar-refractivity contribution in [3.05, 3.63) is 89.6 Å². The third-order valence-corrected chi connectivity index (χ3v) is 6.05. The van der Waals surface area contributed by atoms with Gasteiger partial charge in [0.1, 0.15) is 0 Å². The van der Waals surface area contributed by atoms with Crippen LogP contribution in [-0.2, 0) is 0 Å². The summed E-state index contributed by atoms with van der Waals surface area (Å²) in [6.07, 6.45) is 4.21. The molecule has 5 rings (SSSR count). The van der Waals surface area contributed by atoms with Crippen LogP contribution in [0.4, 0.5) is 5.69 Å². The van der Waals surface area contributed by atoms with E-state index in [2.05, 4.69) is 46.3 Å². The highest BCUT2D eigenvalue weighted by atomic mass is 35.5. The van der Waals surface area contributed by atoms with Crippen LogP contribution in [0, 0.1) is 0 Å². The van der Waals surface area contributed by atoms with Crippen LogP contribution in [0.5, 0.6) is 0 Å². The monoisotopic (exact) mass is 399 g/mol. The average Bonchev–Trinajstić information content (AvgIpc) is 2.79. The lowest BCUT2D eigenvalue weighted by Crippen LogP contribution is -2.32. The summed E-state index contributed by atoms with van der Waals surface area (Å²) >= 11 is 6.03. The minimum atomic E-state index is 0.607. The van der Waals surface area contributed by atoms with Crippen LogP contribution in [0.25, 0.3) is 22.3 Å². The molecule has 4 aromatic rings. The SMILES string of the molecule is Clc1ccc(C2CCN(c3cccc(-c4ncc5ccccc5n4)c3)CC2)cc1. The number of rotatable bonds is 3. The highest BCUT2D eigenvalue weighted by Gasteiger charge is 2.21. The van der Waals surface area contributed by atoms with Crippen LogP contribution in [0.2, 0.25) is 5.02 Å². The maximum absolute atomic E-state index is 6.03. The molecule has 0 N–H and O–H groups in total. The average molecular weight is 400 g/mol. The molecule has 0 unspecified atom stereocenters. The van der Waals surface area contributed by atoms with Crippen molar-refractivity contribution in [1.82, 2.24) is 9.97 Å². The van der Waals surface area contributed by atoms with Gasteiger partial charge in [0.15, 0.2) is 5.82 Å². The molecule has 3 aromatic carbocycles. The molecule has 1 saturated heterocycles. The Balaban J connectivity index is 1.34. The number of nitrogens with zero attached hydrogens (tertiary/aromatic N) is 3. The minimum Gasteiger partial charge on any atom is -0.371 e. The summed E-state index contributed by atoms with van der Waals surface area (Å²) < 4.78 is 0. The van der Waals surface area contributed by atoms with Crippen LogP contribution in [0.15, 0.2) is 79.0 Å². The van der Waals surface area contributed by atoms with Crippen molar-refractivity contribution in [2.45, 2.75) is 18.8 Å². The molecule has 0 spiro atoms. The number of anilines is 1. The van der Waals surface area contributed by atoms with Gasteiger partial charge in [-0.3, -0.25) is 0 Å². The molecule has 1 aliphatic heterocycles. The van der Waals surface area contributed by atoms with Crippen LogP contribution < -0.4 is 4.90 Å².